The van der Waals surface area contributed by atoms with Crippen molar-refractivity contribution < 1.29 is 0 Å². The number of hydrogen-bond donors (Lipinski definition) is 0. The second-order valence-electron chi connectivity index (χ2n) is 6.10. The Hall–Kier alpha value is -2.63. The molecule has 6 nitrogen and oxygen atoms in total. The van der Waals surface area contributed by atoms with Crippen LogP contribution in [-0.4, -0.2) is 18.7 Å². The first kappa shape index (κ1) is 14.0. The van der Waals surface area contributed by atoms with Gasteiger partial charge in [0.25, 0.3) is 0 Å². The molecular weight excluding hydrogens is 292 g/mol. The van der Waals surface area contributed by atoms with Crippen molar-refractivity contribution in [1.82, 2.24) is 18.7 Å². The Kier molecular flexibility index (Phi) is 3.18. The van der Waals surface area contributed by atoms with Crippen molar-refractivity contribution >= 4 is 5.65 Å². The third kappa shape index (κ3) is 2.40. The second-order valence-corrected chi connectivity index (χ2v) is 6.10. The van der Waals surface area contributed by atoms with Crippen molar-refractivity contribution in [2.45, 2.75) is 32.7 Å². The van der Waals surface area contributed by atoms with Crippen LogP contribution in [0.25, 0.3) is 11.3 Å². The van der Waals surface area contributed by atoms with Crippen LogP contribution >= 0.6 is 0 Å². The summed E-state index contributed by atoms with van der Waals surface area (Å²) in [5.41, 5.74) is 1.62. The zero-order chi connectivity index (χ0) is 16.0. The Morgan fingerprint density at radius 2 is 2.04 bits per heavy atom. The summed E-state index contributed by atoms with van der Waals surface area (Å²) in [6.07, 6.45) is 6.42. The van der Waals surface area contributed by atoms with E-state index < -0.39 is 0 Å². The minimum absolute atomic E-state index is 0.181. The van der Waals surface area contributed by atoms with Crippen LogP contribution in [0.4, 0.5) is 0 Å². The van der Waals surface area contributed by atoms with E-state index in [0.717, 1.165) is 30.5 Å². The van der Waals surface area contributed by atoms with Crippen molar-refractivity contribution in [3.05, 3.63) is 63.1 Å². The third-order valence-corrected chi connectivity index (χ3v) is 4.37. The van der Waals surface area contributed by atoms with Gasteiger partial charge in [0.05, 0.1) is 0 Å². The van der Waals surface area contributed by atoms with E-state index in [9.17, 15) is 9.59 Å². The van der Waals surface area contributed by atoms with Crippen LogP contribution in [0.1, 0.15) is 25.3 Å². The first-order valence-electron chi connectivity index (χ1n) is 7.97. The highest BCUT2D eigenvalue weighted by Gasteiger charge is 2.24. The molecule has 0 amide bonds. The lowest BCUT2D eigenvalue weighted by molar-refractivity contribution is 0.545. The van der Waals surface area contributed by atoms with E-state index in [0.29, 0.717) is 12.5 Å². The number of aryl methyl sites for hydroxylation is 1. The van der Waals surface area contributed by atoms with Crippen molar-refractivity contribution in [3.63, 3.8) is 0 Å². The quantitative estimate of drug-likeness (QED) is 0.735. The van der Waals surface area contributed by atoms with Gasteiger partial charge in [-0.25, -0.2) is 13.9 Å². The SMILES string of the molecule is CCc1cccc(-n2ccn3c(=O)n(CC4CC4)nc3c2=O)c1. The molecule has 0 N–H and O–H groups in total. The van der Waals surface area contributed by atoms with Gasteiger partial charge in [0.1, 0.15) is 0 Å². The van der Waals surface area contributed by atoms with E-state index >= 15 is 0 Å². The molecule has 4 rings (SSSR count). The van der Waals surface area contributed by atoms with Gasteiger partial charge >= 0.3 is 11.2 Å². The van der Waals surface area contributed by atoms with E-state index in [-0.39, 0.29) is 16.9 Å². The summed E-state index contributed by atoms with van der Waals surface area (Å²) >= 11 is 0. The summed E-state index contributed by atoms with van der Waals surface area (Å²) < 4.78 is 4.30. The molecule has 0 aliphatic heterocycles. The molecule has 6 heteroatoms. The maximum absolute atomic E-state index is 12.7. The Morgan fingerprint density at radius 1 is 1.22 bits per heavy atom. The van der Waals surface area contributed by atoms with Gasteiger partial charge < -0.3 is 0 Å². The first-order valence-corrected chi connectivity index (χ1v) is 7.97. The molecule has 2 heterocycles. The first-order chi connectivity index (χ1) is 11.2. The van der Waals surface area contributed by atoms with Gasteiger partial charge in [-0.05, 0) is 42.9 Å². The van der Waals surface area contributed by atoms with Gasteiger partial charge in [-0.2, -0.15) is 0 Å². The largest absolute Gasteiger partial charge is 0.350 e. The van der Waals surface area contributed by atoms with Gasteiger partial charge in [0, 0.05) is 24.6 Å². The summed E-state index contributed by atoms with van der Waals surface area (Å²) in [5, 5.41) is 4.25. The zero-order valence-corrected chi connectivity index (χ0v) is 13.0. The number of benzene rings is 1. The summed E-state index contributed by atoms with van der Waals surface area (Å²) in [6, 6.07) is 7.83. The average Bonchev–Trinajstić information content (AvgIpc) is 3.33. The molecule has 23 heavy (non-hydrogen) atoms. The van der Waals surface area contributed by atoms with Gasteiger partial charge in [-0.3, -0.25) is 9.36 Å². The zero-order valence-electron chi connectivity index (χ0n) is 13.0. The van der Waals surface area contributed by atoms with Crippen molar-refractivity contribution in [2.75, 3.05) is 0 Å². The van der Waals surface area contributed by atoms with Gasteiger partial charge in [-0.1, -0.05) is 19.1 Å². The molecule has 1 saturated carbocycles. The third-order valence-electron chi connectivity index (χ3n) is 4.37. The predicted molar refractivity (Wildman–Crippen MR) is 87.2 cm³/mol. The molecule has 118 valence electrons. The average molecular weight is 310 g/mol. The highest BCUT2D eigenvalue weighted by Crippen LogP contribution is 2.29. The summed E-state index contributed by atoms with van der Waals surface area (Å²) in [5.74, 6) is 0.529. The van der Waals surface area contributed by atoms with Gasteiger partial charge in [0.15, 0.2) is 0 Å². The summed E-state index contributed by atoms with van der Waals surface area (Å²) in [7, 11) is 0. The molecule has 1 aromatic carbocycles. The minimum Gasteiger partial charge on any atom is -0.280 e. The molecule has 1 aliphatic carbocycles. The van der Waals surface area contributed by atoms with Crippen LogP contribution in [-0.2, 0) is 13.0 Å². The summed E-state index contributed by atoms with van der Waals surface area (Å²) in [4.78, 5) is 25.0. The maximum atomic E-state index is 12.7. The number of nitrogens with zero attached hydrogens (tertiary/aromatic N) is 4. The van der Waals surface area contributed by atoms with E-state index in [1.807, 2.05) is 24.3 Å². The Labute approximate surface area is 132 Å². The second kappa shape index (κ2) is 5.22. The topological polar surface area (TPSA) is 61.3 Å². The molecular formula is C17H18N4O2. The monoisotopic (exact) mass is 310 g/mol. The van der Waals surface area contributed by atoms with E-state index in [2.05, 4.69) is 12.0 Å². The van der Waals surface area contributed by atoms with Crippen LogP contribution in [0, 0.1) is 5.92 Å². The fourth-order valence-corrected chi connectivity index (χ4v) is 2.80. The molecule has 0 unspecified atom stereocenters. The van der Waals surface area contributed by atoms with Gasteiger partial charge in [-0.15, -0.1) is 5.10 Å². The van der Waals surface area contributed by atoms with Crippen LogP contribution in [0.3, 0.4) is 0 Å². The lowest BCUT2D eigenvalue weighted by Gasteiger charge is -2.06. The van der Waals surface area contributed by atoms with E-state index in [1.54, 1.807) is 17.0 Å². The lowest BCUT2D eigenvalue weighted by atomic mass is 10.1. The molecule has 0 spiro atoms. The van der Waals surface area contributed by atoms with Crippen molar-refractivity contribution in [3.8, 4) is 5.69 Å². The Balaban J connectivity index is 1.87. The standard InChI is InChI=1S/C17H18N4O2/c1-2-12-4-3-5-14(10-12)19-8-9-20-15(16(19)22)18-21(17(20)23)11-13-6-7-13/h3-5,8-10,13H,2,6-7,11H2,1H3. The van der Waals surface area contributed by atoms with Crippen LogP contribution in [0.5, 0.6) is 0 Å². The number of aromatic nitrogens is 4. The number of hydrogen-bond acceptors (Lipinski definition) is 3. The Bertz CT molecular complexity index is 992. The summed E-state index contributed by atoms with van der Waals surface area (Å²) in [6.45, 7) is 2.68. The van der Waals surface area contributed by atoms with Crippen LogP contribution < -0.4 is 11.2 Å². The highest BCUT2D eigenvalue weighted by molar-refractivity contribution is 5.41. The highest BCUT2D eigenvalue weighted by atomic mass is 16.2. The lowest BCUT2D eigenvalue weighted by Crippen LogP contribution is -2.24. The molecule has 1 fully saturated rings. The molecule has 0 atom stereocenters. The molecule has 0 bridgehead atoms. The van der Waals surface area contributed by atoms with E-state index in [1.165, 1.54) is 9.08 Å². The maximum Gasteiger partial charge on any atom is 0.350 e. The van der Waals surface area contributed by atoms with Crippen molar-refractivity contribution in [1.29, 1.82) is 0 Å². The fourth-order valence-electron chi connectivity index (χ4n) is 2.80. The molecule has 3 aromatic rings. The van der Waals surface area contributed by atoms with Crippen molar-refractivity contribution in [2.24, 2.45) is 5.92 Å². The molecule has 0 radical (unpaired) electrons. The Morgan fingerprint density at radius 3 is 2.78 bits per heavy atom. The van der Waals surface area contributed by atoms with Gasteiger partial charge in [0.2, 0.25) is 5.65 Å². The molecule has 1 aliphatic rings. The predicted octanol–water partition coefficient (Wildman–Crippen LogP) is 1.62. The van der Waals surface area contributed by atoms with Crippen LogP contribution in [0.2, 0.25) is 0 Å². The fraction of sp³-hybridized carbons (Fsp3) is 0.353. The van der Waals surface area contributed by atoms with E-state index in [4.69, 9.17) is 0 Å². The number of fused-ring (bicyclic) bond motifs is 1. The molecule has 0 saturated heterocycles. The smallest absolute Gasteiger partial charge is 0.280 e. The number of rotatable bonds is 4. The molecule has 2 aromatic heterocycles. The minimum atomic E-state index is -0.271. The van der Waals surface area contributed by atoms with Crippen LogP contribution in [0.15, 0.2) is 46.2 Å². The normalized spacial score (nSPS) is 14.5.